The van der Waals surface area contributed by atoms with E-state index in [1.54, 1.807) is 37.4 Å². The molecule has 0 radical (unpaired) electrons. The van der Waals surface area contributed by atoms with Crippen LogP contribution in [0.25, 0.3) is 0 Å². The lowest BCUT2D eigenvalue weighted by molar-refractivity contribution is 0.0962. The van der Waals surface area contributed by atoms with Crippen molar-refractivity contribution >= 4 is 29.0 Å². The second kappa shape index (κ2) is 7.21. The van der Waals surface area contributed by atoms with Crippen LogP contribution in [0.5, 0.6) is 0 Å². The molecule has 1 saturated carbocycles. The number of hydrogen-bond acceptors (Lipinski definition) is 5. The largest absolute Gasteiger partial charge is 0.367 e. The number of carbonyl (C=O) groups excluding carboxylic acids is 2. The summed E-state index contributed by atoms with van der Waals surface area (Å²) in [4.78, 5) is 28.1. The van der Waals surface area contributed by atoms with Gasteiger partial charge in [-0.05, 0) is 31.4 Å². The molecule has 1 fully saturated rings. The van der Waals surface area contributed by atoms with E-state index in [2.05, 4.69) is 20.9 Å². The van der Waals surface area contributed by atoms with Gasteiger partial charge in [0.15, 0.2) is 0 Å². The van der Waals surface area contributed by atoms with E-state index in [9.17, 15) is 9.59 Å². The Morgan fingerprint density at radius 3 is 2.56 bits per heavy atom. The Morgan fingerprint density at radius 1 is 1.16 bits per heavy atom. The van der Waals surface area contributed by atoms with E-state index in [0.717, 1.165) is 12.8 Å². The summed E-state index contributed by atoms with van der Waals surface area (Å²) in [6.07, 6.45) is 4.97. The van der Waals surface area contributed by atoms with Crippen LogP contribution >= 0.6 is 0 Å². The number of rotatable bonds is 6. The quantitative estimate of drug-likeness (QED) is 0.645. The maximum absolute atomic E-state index is 12.1. The molecule has 2 amide bonds. The fourth-order valence-corrected chi connectivity index (χ4v) is 2.67. The van der Waals surface area contributed by atoms with Crippen molar-refractivity contribution in [2.75, 3.05) is 17.7 Å². The van der Waals surface area contributed by atoms with Crippen LogP contribution in [-0.2, 0) is 0 Å². The van der Waals surface area contributed by atoms with Crippen molar-refractivity contribution < 1.29 is 9.59 Å². The molecule has 1 heterocycles. The molecule has 1 aliphatic carbocycles. The number of amides is 2. The molecule has 5 N–H and O–H groups in total. The van der Waals surface area contributed by atoms with Crippen molar-refractivity contribution in [1.82, 2.24) is 10.3 Å². The molecule has 0 atom stereocenters. The molecule has 0 saturated heterocycles. The normalized spacial score (nSPS) is 13.6. The third kappa shape index (κ3) is 3.71. The molecule has 0 bridgehead atoms. The van der Waals surface area contributed by atoms with E-state index < -0.39 is 5.91 Å². The standard InChI is InChI=1S/C18H21N5O2/c1-20-18(25)13-10-21-16(22-11-5-4-6-11)9-15(13)23-14-8-3-2-7-12(14)17(19)24/h2-3,7-11H,4-6H2,1H3,(H2,19,24)(H,20,25)(H2,21,22,23). The molecule has 3 rings (SSSR count). The highest BCUT2D eigenvalue weighted by Gasteiger charge is 2.19. The summed E-state index contributed by atoms with van der Waals surface area (Å²) in [7, 11) is 1.56. The van der Waals surface area contributed by atoms with Crippen LogP contribution in [0, 0.1) is 0 Å². The lowest BCUT2D eigenvalue weighted by atomic mass is 9.93. The van der Waals surface area contributed by atoms with Crippen LogP contribution in [0.2, 0.25) is 0 Å². The monoisotopic (exact) mass is 339 g/mol. The maximum atomic E-state index is 12.1. The molecule has 0 unspecified atom stereocenters. The maximum Gasteiger partial charge on any atom is 0.254 e. The van der Waals surface area contributed by atoms with Crippen molar-refractivity contribution in [3.63, 3.8) is 0 Å². The first kappa shape index (κ1) is 16.8. The highest BCUT2D eigenvalue weighted by atomic mass is 16.2. The summed E-state index contributed by atoms with van der Waals surface area (Å²) in [5.41, 5.74) is 7.28. The van der Waals surface area contributed by atoms with Gasteiger partial charge >= 0.3 is 0 Å². The number of para-hydroxylation sites is 1. The number of carbonyl (C=O) groups is 2. The summed E-state index contributed by atoms with van der Waals surface area (Å²) in [6.45, 7) is 0. The number of nitrogens with one attached hydrogen (secondary N) is 3. The van der Waals surface area contributed by atoms with E-state index in [1.165, 1.54) is 12.6 Å². The van der Waals surface area contributed by atoms with Gasteiger partial charge in [-0.15, -0.1) is 0 Å². The van der Waals surface area contributed by atoms with Gasteiger partial charge in [-0.2, -0.15) is 0 Å². The molecule has 0 aliphatic heterocycles. The van der Waals surface area contributed by atoms with Gasteiger partial charge in [-0.1, -0.05) is 12.1 Å². The Labute approximate surface area is 146 Å². The Bertz CT molecular complexity index is 802. The van der Waals surface area contributed by atoms with Gasteiger partial charge in [0, 0.05) is 25.4 Å². The smallest absolute Gasteiger partial charge is 0.254 e. The number of primary amides is 1. The second-order valence-corrected chi connectivity index (χ2v) is 6.00. The summed E-state index contributed by atoms with van der Waals surface area (Å²) in [6, 6.07) is 9.11. The molecular weight excluding hydrogens is 318 g/mol. The van der Waals surface area contributed by atoms with Crippen LogP contribution in [-0.4, -0.2) is 29.9 Å². The first-order chi connectivity index (χ1) is 12.1. The minimum Gasteiger partial charge on any atom is -0.367 e. The van der Waals surface area contributed by atoms with Crippen molar-refractivity contribution in [3.05, 3.63) is 47.7 Å². The minimum atomic E-state index is -0.536. The van der Waals surface area contributed by atoms with Crippen molar-refractivity contribution in [2.45, 2.75) is 25.3 Å². The van der Waals surface area contributed by atoms with Crippen molar-refractivity contribution in [1.29, 1.82) is 0 Å². The van der Waals surface area contributed by atoms with Crippen LogP contribution in [0.3, 0.4) is 0 Å². The minimum absolute atomic E-state index is 0.262. The highest BCUT2D eigenvalue weighted by Crippen LogP contribution is 2.28. The first-order valence-corrected chi connectivity index (χ1v) is 8.23. The predicted molar refractivity (Wildman–Crippen MR) is 97.1 cm³/mol. The highest BCUT2D eigenvalue weighted by molar-refractivity contribution is 6.03. The lowest BCUT2D eigenvalue weighted by Crippen LogP contribution is -2.27. The van der Waals surface area contributed by atoms with Crippen LogP contribution in [0.1, 0.15) is 40.0 Å². The Kier molecular flexibility index (Phi) is 4.83. The van der Waals surface area contributed by atoms with Gasteiger partial charge in [0.05, 0.1) is 22.5 Å². The fraction of sp³-hybridized carbons (Fsp3) is 0.278. The van der Waals surface area contributed by atoms with E-state index in [1.807, 2.05) is 0 Å². The Morgan fingerprint density at radius 2 is 1.92 bits per heavy atom. The zero-order valence-electron chi connectivity index (χ0n) is 14.0. The molecule has 0 spiro atoms. The number of nitrogens with zero attached hydrogens (tertiary/aromatic N) is 1. The molecule has 1 aliphatic rings. The number of anilines is 3. The lowest BCUT2D eigenvalue weighted by Gasteiger charge is -2.27. The molecule has 1 aromatic heterocycles. The van der Waals surface area contributed by atoms with Crippen molar-refractivity contribution in [2.24, 2.45) is 5.73 Å². The van der Waals surface area contributed by atoms with E-state index in [-0.39, 0.29) is 5.91 Å². The number of benzene rings is 1. The molecule has 7 heteroatoms. The van der Waals surface area contributed by atoms with Gasteiger partial charge in [0.1, 0.15) is 5.82 Å². The SMILES string of the molecule is CNC(=O)c1cnc(NC2CCC2)cc1Nc1ccccc1C(N)=O. The Balaban J connectivity index is 1.95. The summed E-state index contributed by atoms with van der Waals surface area (Å²) >= 11 is 0. The van der Waals surface area contributed by atoms with Crippen LogP contribution in [0.15, 0.2) is 36.5 Å². The molecule has 7 nitrogen and oxygen atoms in total. The summed E-state index contributed by atoms with van der Waals surface area (Å²) in [5.74, 6) is -0.107. The fourth-order valence-electron chi connectivity index (χ4n) is 2.67. The zero-order chi connectivity index (χ0) is 17.8. The molecule has 130 valence electrons. The van der Waals surface area contributed by atoms with E-state index in [0.29, 0.717) is 34.4 Å². The average Bonchev–Trinajstić information content (AvgIpc) is 2.58. The summed E-state index contributed by atoms with van der Waals surface area (Å²) in [5, 5.41) is 9.09. The zero-order valence-corrected chi connectivity index (χ0v) is 14.0. The third-order valence-corrected chi connectivity index (χ3v) is 4.29. The van der Waals surface area contributed by atoms with Gasteiger partial charge in [0.25, 0.3) is 11.8 Å². The third-order valence-electron chi connectivity index (χ3n) is 4.29. The predicted octanol–water partition coefficient (Wildman–Crippen LogP) is 2.25. The number of aromatic nitrogens is 1. The molecular formula is C18H21N5O2. The number of hydrogen-bond donors (Lipinski definition) is 4. The topological polar surface area (TPSA) is 109 Å². The second-order valence-electron chi connectivity index (χ2n) is 6.00. The van der Waals surface area contributed by atoms with Gasteiger partial charge in [0.2, 0.25) is 0 Å². The summed E-state index contributed by atoms with van der Waals surface area (Å²) < 4.78 is 0. The molecule has 2 aromatic rings. The van der Waals surface area contributed by atoms with Crippen molar-refractivity contribution in [3.8, 4) is 0 Å². The number of nitrogens with two attached hydrogens (primary N) is 1. The van der Waals surface area contributed by atoms with E-state index >= 15 is 0 Å². The van der Waals surface area contributed by atoms with Crippen LogP contribution < -0.4 is 21.7 Å². The Hall–Kier alpha value is -3.09. The number of pyridine rings is 1. The first-order valence-electron chi connectivity index (χ1n) is 8.23. The van der Waals surface area contributed by atoms with Gasteiger partial charge < -0.3 is 21.7 Å². The van der Waals surface area contributed by atoms with Gasteiger partial charge in [-0.25, -0.2) is 4.98 Å². The van der Waals surface area contributed by atoms with E-state index in [4.69, 9.17) is 5.73 Å². The molecule has 1 aromatic carbocycles. The van der Waals surface area contributed by atoms with Crippen LogP contribution in [0.4, 0.5) is 17.2 Å². The average molecular weight is 339 g/mol. The van der Waals surface area contributed by atoms with Gasteiger partial charge in [-0.3, -0.25) is 9.59 Å². The molecule has 25 heavy (non-hydrogen) atoms.